The van der Waals surface area contributed by atoms with Gasteiger partial charge in [-0.1, -0.05) is 43.0 Å². The summed E-state index contributed by atoms with van der Waals surface area (Å²) in [6.07, 6.45) is 1.30. The van der Waals surface area contributed by atoms with Crippen molar-refractivity contribution in [3.05, 3.63) is 48.6 Å². The summed E-state index contributed by atoms with van der Waals surface area (Å²) >= 11 is -0.395. The topological polar surface area (TPSA) is 26.3 Å². The van der Waals surface area contributed by atoms with Crippen molar-refractivity contribution >= 4 is 17.7 Å². The third-order valence-corrected chi connectivity index (χ3v) is 2.88. The van der Waals surface area contributed by atoms with E-state index in [1.807, 2.05) is 0 Å². The Balaban J connectivity index is 2.88. The van der Waals surface area contributed by atoms with Crippen molar-refractivity contribution in [2.24, 2.45) is 0 Å². The maximum atomic E-state index is 12.4. The second kappa shape index (κ2) is 6.49. The fourth-order valence-corrected chi connectivity index (χ4v) is 1.96. The van der Waals surface area contributed by atoms with E-state index in [4.69, 9.17) is 0 Å². The summed E-state index contributed by atoms with van der Waals surface area (Å²) < 4.78 is 41.9. The lowest BCUT2D eigenvalue weighted by atomic mass is 10.1. The Labute approximate surface area is 107 Å². The van der Waals surface area contributed by atoms with E-state index in [0.29, 0.717) is 0 Å². The van der Waals surface area contributed by atoms with E-state index < -0.39 is 28.5 Å². The maximum Gasteiger partial charge on any atom is 0.442 e. The van der Waals surface area contributed by atoms with E-state index >= 15 is 0 Å². The molecule has 0 radical (unpaired) electrons. The molecule has 1 aromatic rings. The molecule has 0 spiro atoms. The Morgan fingerprint density at radius 2 is 2.00 bits per heavy atom. The van der Waals surface area contributed by atoms with E-state index in [9.17, 15) is 18.0 Å². The van der Waals surface area contributed by atoms with Gasteiger partial charge in [-0.15, -0.1) is 0 Å². The minimum atomic E-state index is -4.51. The average Bonchev–Trinajstić information content (AvgIpc) is 2.33. The number of halogens is 3. The van der Waals surface area contributed by atoms with Gasteiger partial charge in [0.2, 0.25) is 0 Å². The number of carbonyl (C=O) groups is 1. The van der Waals surface area contributed by atoms with Crippen molar-refractivity contribution in [3.8, 4) is 0 Å². The quantitative estimate of drug-likeness (QED) is 0.605. The third-order valence-electron chi connectivity index (χ3n) is 1.91. The number of alkyl halides is 3. The number of rotatable bonds is 5. The highest BCUT2D eigenvalue weighted by atomic mass is 32.2. The van der Waals surface area contributed by atoms with E-state index in [1.165, 1.54) is 18.2 Å². The van der Waals surface area contributed by atoms with Crippen LogP contribution >= 0.6 is 11.8 Å². The largest absolute Gasteiger partial charge is 0.460 e. The predicted molar refractivity (Wildman–Crippen MR) is 64.0 cm³/mol. The smallest absolute Gasteiger partial charge is 0.442 e. The summed E-state index contributed by atoms with van der Waals surface area (Å²) in [5.41, 5.74) is -4.25. The molecule has 0 amide bonds. The normalized spacial score (nSPS) is 12.8. The van der Waals surface area contributed by atoms with E-state index in [2.05, 4.69) is 11.3 Å². The van der Waals surface area contributed by atoms with Gasteiger partial charge in [-0.25, -0.2) is 0 Å². The van der Waals surface area contributed by atoms with Crippen LogP contribution in [0.2, 0.25) is 0 Å². The Morgan fingerprint density at radius 1 is 1.39 bits per heavy atom. The van der Waals surface area contributed by atoms with Crippen LogP contribution in [0.15, 0.2) is 43.0 Å². The van der Waals surface area contributed by atoms with Gasteiger partial charge in [0.1, 0.15) is 11.9 Å². The molecule has 0 unspecified atom stereocenters. The summed E-state index contributed by atoms with van der Waals surface area (Å²) in [5, 5.41) is -1.41. The zero-order valence-corrected chi connectivity index (χ0v) is 10.1. The molecule has 18 heavy (non-hydrogen) atoms. The highest BCUT2D eigenvalue weighted by Crippen LogP contribution is 2.42. The number of thioether (sulfide) groups is 1. The van der Waals surface area contributed by atoms with Crippen molar-refractivity contribution in [1.82, 2.24) is 0 Å². The van der Waals surface area contributed by atoms with E-state index in [1.54, 1.807) is 18.2 Å². The van der Waals surface area contributed by atoms with Gasteiger partial charge in [0.05, 0.1) is 0 Å². The molecule has 0 aromatic heterocycles. The van der Waals surface area contributed by atoms with Gasteiger partial charge in [0.25, 0.3) is 0 Å². The first kappa shape index (κ1) is 14.6. The standard InChI is InChI=1S/C12H11F3O2S/c1-2-8-17-11(16)10(18-12(13,14)15)9-6-4-3-5-7-9/h2-7,10H,1,8H2/t10-/m1/s1. The minimum absolute atomic E-state index is 0.111. The van der Waals surface area contributed by atoms with Crippen LogP contribution in [-0.2, 0) is 9.53 Å². The van der Waals surface area contributed by atoms with Gasteiger partial charge < -0.3 is 4.74 Å². The first-order valence-corrected chi connectivity index (χ1v) is 5.89. The summed E-state index contributed by atoms with van der Waals surface area (Å²) in [4.78, 5) is 11.6. The van der Waals surface area contributed by atoms with Crippen LogP contribution in [0.3, 0.4) is 0 Å². The highest BCUT2D eigenvalue weighted by molar-refractivity contribution is 8.01. The molecule has 6 heteroatoms. The Hall–Kier alpha value is -1.43. The van der Waals surface area contributed by atoms with Crippen LogP contribution in [0.5, 0.6) is 0 Å². The van der Waals surface area contributed by atoms with Gasteiger partial charge in [0.15, 0.2) is 0 Å². The molecule has 0 saturated heterocycles. The Bertz CT molecular complexity index is 404. The molecule has 0 N–H and O–H groups in total. The summed E-state index contributed by atoms with van der Waals surface area (Å²) in [6, 6.07) is 7.71. The van der Waals surface area contributed by atoms with Gasteiger partial charge >= 0.3 is 11.5 Å². The van der Waals surface area contributed by atoms with Gasteiger partial charge in [0, 0.05) is 0 Å². The molecule has 0 saturated carbocycles. The highest BCUT2D eigenvalue weighted by Gasteiger charge is 2.38. The van der Waals surface area contributed by atoms with Crippen LogP contribution < -0.4 is 0 Å². The predicted octanol–water partition coefficient (Wildman–Crippen LogP) is 3.71. The third kappa shape index (κ3) is 4.83. The van der Waals surface area contributed by atoms with Crippen molar-refractivity contribution in [2.45, 2.75) is 10.8 Å². The molecule has 0 aliphatic rings. The number of carbonyl (C=O) groups excluding carboxylic acids is 1. The van der Waals surface area contributed by atoms with Crippen LogP contribution in [-0.4, -0.2) is 18.1 Å². The first-order valence-electron chi connectivity index (χ1n) is 5.01. The van der Waals surface area contributed by atoms with Crippen molar-refractivity contribution in [1.29, 1.82) is 0 Å². The summed E-state index contributed by atoms with van der Waals surface area (Å²) in [5.74, 6) is -0.927. The molecule has 0 bridgehead atoms. The zero-order chi connectivity index (χ0) is 13.6. The lowest BCUT2D eigenvalue weighted by Gasteiger charge is -2.16. The Morgan fingerprint density at radius 3 is 2.50 bits per heavy atom. The van der Waals surface area contributed by atoms with Crippen LogP contribution in [0.4, 0.5) is 13.2 Å². The van der Waals surface area contributed by atoms with Crippen molar-refractivity contribution in [2.75, 3.05) is 6.61 Å². The fraction of sp³-hybridized carbons (Fsp3) is 0.250. The Kier molecular flexibility index (Phi) is 5.27. The number of hydrogen-bond donors (Lipinski definition) is 0. The molecular weight excluding hydrogens is 265 g/mol. The lowest BCUT2D eigenvalue weighted by molar-refractivity contribution is -0.142. The molecule has 1 atom stereocenters. The van der Waals surface area contributed by atoms with E-state index in [0.717, 1.165) is 0 Å². The second-order valence-electron chi connectivity index (χ2n) is 3.27. The SMILES string of the molecule is C=CCOC(=O)[C@H](SC(F)(F)F)c1ccccc1. The van der Waals surface area contributed by atoms with Gasteiger partial charge in [-0.3, -0.25) is 4.79 Å². The molecule has 1 aromatic carbocycles. The molecule has 0 heterocycles. The number of hydrogen-bond acceptors (Lipinski definition) is 3. The first-order chi connectivity index (χ1) is 8.44. The van der Waals surface area contributed by atoms with Gasteiger partial charge in [-0.05, 0) is 17.3 Å². The lowest BCUT2D eigenvalue weighted by Crippen LogP contribution is -2.17. The second-order valence-corrected chi connectivity index (χ2v) is 4.44. The van der Waals surface area contributed by atoms with Crippen LogP contribution in [0.25, 0.3) is 0 Å². The summed E-state index contributed by atoms with van der Waals surface area (Å²) in [7, 11) is 0. The molecule has 0 aliphatic heterocycles. The monoisotopic (exact) mass is 276 g/mol. The molecule has 0 aliphatic carbocycles. The van der Waals surface area contributed by atoms with E-state index in [-0.39, 0.29) is 12.2 Å². The van der Waals surface area contributed by atoms with Crippen molar-refractivity contribution < 1.29 is 22.7 Å². The molecule has 0 fully saturated rings. The number of esters is 1. The summed E-state index contributed by atoms with van der Waals surface area (Å²) in [6.45, 7) is 3.22. The van der Waals surface area contributed by atoms with Gasteiger partial charge in [-0.2, -0.15) is 13.2 Å². The molecule has 2 nitrogen and oxygen atoms in total. The molecule has 98 valence electrons. The molecule has 1 rings (SSSR count). The molecular formula is C12H11F3O2S. The maximum absolute atomic E-state index is 12.4. The average molecular weight is 276 g/mol. The van der Waals surface area contributed by atoms with Crippen LogP contribution in [0.1, 0.15) is 10.8 Å². The number of ether oxygens (including phenoxy) is 1. The van der Waals surface area contributed by atoms with Crippen LogP contribution in [0, 0.1) is 0 Å². The number of benzene rings is 1. The zero-order valence-electron chi connectivity index (χ0n) is 9.31. The minimum Gasteiger partial charge on any atom is -0.460 e. The fourth-order valence-electron chi connectivity index (χ4n) is 1.23. The van der Waals surface area contributed by atoms with Crippen molar-refractivity contribution in [3.63, 3.8) is 0 Å².